The zero-order valence-electron chi connectivity index (χ0n) is 11.0. The zero-order chi connectivity index (χ0) is 15.4. The van der Waals surface area contributed by atoms with Crippen molar-refractivity contribution in [3.8, 4) is 11.6 Å². The summed E-state index contributed by atoms with van der Waals surface area (Å²) in [6, 6.07) is 9.26. The number of rotatable bonds is 4. The van der Waals surface area contributed by atoms with Crippen molar-refractivity contribution in [1.29, 1.82) is 0 Å². The van der Waals surface area contributed by atoms with E-state index in [0.29, 0.717) is 5.69 Å². The second-order valence-electron chi connectivity index (χ2n) is 4.07. The summed E-state index contributed by atoms with van der Waals surface area (Å²) in [5.41, 5.74) is 0.278. The summed E-state index contributed by atoms with van der Waals surface area (Å²) in [6.45, 7) is 1.36. The molecule has 0 bridgehead atoms. The third-order valence-electron chi connectivity index (χ3n) is 2.46. The van der Waals surface area contributed by atoms with Crippen molar-refractivity contribution in [2.45, 2.75) is 6.92 Å². The minimum absolute atomic E-state index is 0.104. The second kappa shape index (κ2) is 6.23. The Morgan fingerprint density at radius 1 is 1.24 bits per heavy atom. The lowest BCUT2D eigenvalue weighted by molar-refractivity contribution is -0.114. The molecule has 108 valence electrons. The van der Waals surface area contributed by atoms with Gasteiger partial charge in [-0.2, -0.15) is 0 Å². The van der Waals surface area contributed by atoms with Crippen LogP contribution in [0.3, 0.4) is 0 Å². The molecule has 0 spiro atoms. The minimum atomic E-state index is -1.19. The fraction of sp³-hybridized carbons (Fsp3) is 0.0714. The van der Waals surface area contributed by atoms with Crippen LogP contribution in [0.15, 0.2) is 36.4 Å². The number of para-hydroxylation sites is 2. The number of ether oxygens (including phenoxy) is 1. The average Bonchev–Trinajstić information content (AvgIpc) is 2.40. The lowest BCUT2D eigenvalue weighted by Gasteiger charge is -2.12. The first kappa shape index (κ1) is 14.8. The Balaban J connectivity index is 2.40. The Morgan fingerprint density at radius 2 is 1.95 bits per heavy atom. The van der Waals surface area contributed by atoms with Crippen molar-refractivity contribution in [3.05, 3.63) is 47.1 Å². The molecule has 0 atom stereocenters. The molecule has 0 radical (unpaired) electrons. The number of nitrogens with zero attached hydrogens (tertiary/aromatic N) is 1. The smallest absolute Gasteiger partial charge is 0.341 e. The number of hydrogen-bond acceptors (Lipinski definition) is 4. The number of carbonyl (C=O) groups is 2. The van der Waals surface area contributed by atoms with Gasteiger partial charge in [-0.05, 0) is 24.3 Å². The highest BCUT2D eigenvalue weighted by Crippen LogP contribution is 2.31. The van der Waals surface area contributed by atoms with Crippen LogP contribution in [0.25, 0.3) is 0 Å². The SMILES string of the molecule is CC(=O)Nc1ccccc1Oc1nc(Cl)ccc1C(=O)O. The molecular weight excluding hydrogens is 296 g/mol. The van der Waals surface area contributed by atoms with Crippen LogP contribution in [0.1, 0.15) is 17.3 Å². The summed E-state index contributed by atoms with van der Waals surface area (Å²) >= 11 is 5.76. The molecule has 0 aliphatic carbocycles. The highest BCUT2D eigenvalue weighted by atomic mass is 35.5. The number of pyridine rings is 1. The van der Waals surface area contributed by atoms with Crippen LogP contribution >= 0.6 is 11.6 Å². The van der Waals surface area contributed by atoms with E-state index in [0.717, 1.165) is 0 Å². The number of amides is 1. The van der Waals surface area contributed by atoms with Gasteiger partial charge in [0.2, 0.25) is 11.8 Å². The Morgan fingerprint density at radius 3 is 2.62 bits per heavy atom. The summed E-state index contributed by atoms with van der Waals surface area (Å²) in [7, 11) is 0. The molecule has 6 nitrogen and oxygen atoms in total. The molecule has 21 heavy (non-hydrogen) atoms. The molecule has 2 rings (SSSR count). The van der Waals surface area contributed by atoms with Crippen LogP contribution in [-0.4, -0.2) is 22.0 Å². The largest absolute Gasteiger partial charge is 0.477 e. The number of nitrogens with one attached hydrogen (secondary N) is 1. The molecule has 1 aromatic carbocycles. The van der Waals surface area contributed by atoms with Crippen LogP contribution < -0.4 is 10.1 Å². The Kier molecular flexibility index (Phi) is 4.39. The van der Waals surface area contributed by atoms with Gasteiger partial charge in [0.15, 0.2) is 5.75 Å². The van der Waals surface area contributed by atoms with Crippen molar-refractivity contribution in [2.75, 3.05) is 5.32 Å². The Bertz CT molecular complexity index is 703. The number of aromatic nitrogens is 1. The molecule has 1 heterocycles. The minimum Gasteiger partial charge on any atom is -0.477 e. The maximum absolute atomic E-state index is 11.2. The van der Waals surface area contributed by atoms with Crippen molar-refractivity contribution < 1.29 is 19.4 Å². The molecular formula is C14H11ClN2O4. The van der Waals surface area contributed by atoms with E-state index in [9.17, 15) is 9.59 Å². The lowest BCUT2D eigenvalue weighted by Crippen LogP contribution is -2.08. The maximum Gasteiger partial charge on any atom is 0.341 e. The molecule has 0 saturated heterocycles. The fourth-order valence-corrected chi connectivity index (χ4v) is 1.75. The van der Waals surface area contributed by atoms with Gasteiger partial charge in [-0.25, -0.2) is 9.78 Å². The fourth-order valence-electron chi connectivity index (χ4n) is 1.61. The van der Waals surface area contributed by atoms with Gasteiger partial charge < -0.3 is 15.2 Å². The van der Waals surface area contributed by atoms with Crippen LogP contribution in [0, 0.1) is 0 Å². The van der Waals surface area contributed by atoms with E-state index < -0.39 is 5.97 Å². The normalized spacial score (nSPS) is 10.0. The standard InChI is InChI=1S/C14H11ClN2O4/c1-8(18)16-10-4-2-3-5-11(10)21-13-9(14(19)20)6-7-12(15)17-13/h2-7H,1H3,(H,16,18)(H,19,20). The number of aromatic carboxylic acids is 1. The molecule has 2 N–H and O–H groups in total. The number of halogens is 1. The molecule has 1 aromatic heterocycles. The molecule has 2 aromatic rings. The van der Waals surface area contributed by atoms with Crippen molar-refractivity contribution in [2.24, 2.45) is 0 Å². The monoisotopic (exact) mass is 306 g/mol. The quantitative estimate of drug-likeness (QED) is 0.847. The average molecular weight is 307 g/mol. The number of anilines is 1. The molecule has 0 aliphatic heterocycles. The van der Waals surface area contributed by atoms with E-state index in [2.05, 4.69) is 10.3 Å². The number of benzene rings is 1. The van der Waals surface area contributed by atoms with Crippen molar-refractivity contribution >= 4 is 29.2 Å². The van der Waals surface area contributed by atoms with Gasteiger partial charge in [0.1, 0.15) is 10.7 Å². The first-order chi connectivity index (χ1) is 9.97. The third kappa shape index (κ3) is 3.70. The predicted molar refractivity (Wildman–Crippen MR) is 77.0 cm³/mol. The van der Waals surface area contributed by atoms with E-state index >= 15 is 0 Å². The van der Waals surface area contributed by atoms with E-state index in [-0.39, 0.29) is 28.3 Å². The second-order valence-corrected chi connectivity index (χ2v) is 4.46. The molecule has 1 amide bonds. The predicted octanol–water partition coefficient (Wildman–Crippen LogP) is 3.18. The van der Waals surface area contributed by atoms with Crippen LogP contribution in [0.5, 0.6) is 11.6 Å². The number of carboxylic acids is 1. The lowest BCUT2D eigenvalue weighted by atomic mass is 10.2. The highest BCUT2D eigenvalue weighted by Gasteiger charge is 2.16. The van der Waals surface area contributed by atoms with Gasteiger partial charge in [-0.3, -0.25) is 4.79 Å². The summed E-state index contributed by atoms with van der Waals surface area (Å²) in [5.74, 6) is -1.34. The number of carboxylic acid groups (broad SMARTS) is 1. The summed E-state index contributed by atoms with van der Waals surface area (Å²) in [4.78, 5) is 26.2. The van der Waals surface area contributed by atoms with Gasteiger partial charge in [0.05, 0.1) is 5.69 Å². The van der Waals surface area contributed by atoms with Crippen LogP contribution in [0.4, 0.5) is 5.69 Å². The molecule has 0 saturated carbocycles. The highest BCUT2D eigenvalue weighted by molar-refractivity contribution is 6.29. The third-order valence-corrected chi connectivity index (χ3v) is 2.67. The van der Waals surface area contributed by atoms with Gasteiger partial charge >= 0.3 is 5.97 Å². The number of hydrogen-bond donors (Lipinski definition) is 2. The van der Waals surface area contributed by atoms with Gasteiger partial charge in [0, 0.05) is 6.92 Å². The first-order valence-corrected chi connectivity index (χ1v) is 6.29. The van der Waals surface area contributed by atoms with E-state index in [1.807, 2.05) is 0 Å². The molecule has 0 aliphatic rings. The van der Waals surface area contributed by atoms with E-state index in [1.54, 1.807) is 24.3 Å². The maximum atomic E-state index is 11.2. The topological polar surface area (TPSA) is 88.5 Å². The van der Waals surface area contributed by atoms with Crippen LogP contribution in [0.2, 0.25) is 5.15 Å². The van der Waals surface area contributed by atoms with Gasteiger partial charge in [-0.15, -0.1) is 0 Å². The first-order valence-electron chi connectivity index (χ1n) is 5.91. The van der Waals surface area contributed by atoms with Gasteiger partial charge in [-0.1, -0.05) is 23.7 Å². The molecule has 0 unspecified atom stereocenters. The summed E-state index contributed by atoms with van der Waals surface area (Å²) < 4.78 is 5.49. The molecule has 0 fully saturated rings. The van der Waals surface area contributed by atoms with Crippen molar-refractivity contribution in [3.63, 3.8) is 0 Å². The summed E-state index contributed by atoms with van der Waals surface area (Å²) in [5, 5.41) is 11.8. The number of carbonyl (C=O) groups excluding carboxylic acids is 1. The van der Waals surface area contributed by atoms with Crippen LogP contribution in [-0.2, 0) is 4.79 Å². The molecule has 7 heteroatoms. The summed E-state index contributed by atoms with van der Waals surface area (Å²) in [6.07, 6.45) is 0. The van der Waals surface area contributed by atoms with E-state index in [1.165, 1.54) is 19.1 Å². The Hall–Kier alpha value is -2.60. The van der Waals surface area contributed by atoms with Gasteiger partial charge in [0.25, 0.3) is 0 Å². The van der Waals surface area contributed by atoms with Crippen molar-refractivity contribution in [1.82, 2.24) is 4.98 Å². The Labute approximate surface area is 125 Å². The zero-order valence-corrected chi connectivity index (χ0v) is 11.7. The van der Waals surface area contributed by atoms with E-state index in [4.69, 9.17) is 21.4 Å².